The van der Waals surface area contributed by atoms with Crippen molar-refractivity contribution in [1.82, 2.24) is 0 Å². The van der Waals surface area contributed by atoms with Crippen molar-refractivity contribution in [2.24, 2.45) is 4.99 Å². The quantitative estimate of drug-likeness (QED) is 0.843. The Morgan fingerprint density at radius 1 is 0.917 bits per heavy atom. The van der Waals surface area contributed by atoms with E-state index in [9.17, 15) is 0 Å². The summed E-state index contributed by atoms with van der Waals surface area (Å²) in [6.45, 7) is 2.86. The fraction of sp³-hybridized carbons (Fsp3) is 0.350. The van der Waals surface area contributed by atoms with Crippen molar-refractivity contribution in [3.63, 3.8) is 0 Å². The molecule has 0 unspecified atom stereocenters. The van der Waals surface area contributed by atoms with Gasteiger partial charge < -0.3 is 14.2 Å². The molecule has 0 aromatic heterocycles. The number of rotatable bonds is 5. The Labute approximate surface area is 143 Å². The third kappa shape index (κ3) is 3.09. The summed E-state index contributed by atoms with van der Waals surface area (Å²) in [6.07, 6.45) is 1.70. The number of ether oxygens (including phenoxy) is 3. The third-order valence-electron chi connectivity index (χ3n) is 4.45. The molecule has 2 aromatic carbocycles. The summed E-state index contributed by atoms with van der Waals surface area (Å²) in [5, 5.41) is 0. The van der Waals surface area contributed by atoms with Gasteiger partial charge in [-0.05, 0) is 48.2 Å². The topological polar surface area (TPSA) is 40.0 Å². The van der Waals surface area contributed by atoms with Crippen LogP contribution in [-0.4, -0.2) is 33.6 Å². The van der Waals surface area contributed by atoms with Gasteiger partial charge >= 0.3 is 0 Å². The van der Waals surface area contributed by atoms with E-state index < -0.39 is 0 Å². The molecule has 24 heavy (non-hydrogen) atoms. The Bertz CT molecular complexity index is 781. The zero-order chi connectivity index (χ0) is 17.1. The van der Waals surface area contributed by atoms with E-state index in [1.807, 2.05) is 13.0 Å². The molecule has 1 aliphatic heterocycles. The summed E-state index contributed by atoms with van der Waals surface area (Å²) in [4.78, 5) is 4.75. The van der Waals surface area contributed by atoms with Crippen molar-refractivity contribution in [2.75, 3.05) is 27.9 Å². The van der Waals surface area contributed by atoms with Crippen LogP contribution in [0.1, 0.15) is 22.3 Å². The van der Waals surface area contributed by atoms with E-state index in [1.165, 1.54) is 11.1 Å². The normalized spacial score (nSPS) is 13.1. The van der Waals surface area contributed by atoms with Crippen LogP contribution in [0.3, 0.4) is 0 Å². The Hall–Kier alpha value is -2.49. The van der Waals surface area contributed by atoms with E-state index in [4.69, 9.17) is 19.2 Å². The number of hydrogen-bond acceptors (Lipinski definition) is 4. The van der Waals surface area contributed by atoms with Gasteiger partial charge in [0.25, 0.3) is 0 Å². The minimum Gasteiger partial charge on any atom is -0.496 e. The smallest absolute Gasteiger partial charge is 0.161 e. The molecule has 126 valence electrons. The molecule has 0 bridgehead atoms. The lowest BCUT2D eigenvalue weighted by Crippen LogP contribution is -2.16. The number of methoxy groups -OCH3 is 3. The van der Waals surface area contributed by atoms with Gasteiger partial charge in [0.2, 0.25) is 0 Å². The van der Waals surface area contributed by atoms with Gasteiger partial charge in [-0.15, -0.1) is 0 Å². The maximum absolute atomic E-state index is 5.45. The monoisotopic (exact) mass is 325 g/mol. The second kappa shape index (κ2) is 6.95. The number of nitrogens with zero attached hydrogens (tertiary/aromatic N) is 1. The molecule has 1 aliphatic rings. The second-order valence-electron chi connectivity index (χ2n) is 5.92. The number of benzene rings is 2. The average molecular weight is 325 g/mol. The maximum Gasteiger partial charge on any atom is 0.161 e. The fourth-order valence-electron chi connectivity index (χ4n) is 3.11. The first-order chi connectivity index (χ1) is 11.7. The van der Waals surface area contributed by atoms with Crippen LogP contribution in [0.15, 0.2) is 35.3 Å². The lowest BCUT2D eigenvalue weighted by Gasteiger charge is -2.20. The average Bonchev–Trinajstić information content (AvgIpc) is 2.62. The molecule has 0 radical (unpaired) electrons. The number of hydrogen-bond donors (Lipinski definition) is 0. The van der Waals surface area contributed by atoms with Gasteiger partial charge in [-0.1, -0.05) is 12.1 Å². The molecule has 4 nitrogen and oxygen atoms in total. The third-order valence-corrected chi connectivity index (χ3v) is 4.45. The number of aliphatic imine (C=N–C) groups is 1. The molecule has 1 heterocycles. The van der Waals surface area contributed by atoms with E-state index in [0.717, 1.165) is 53.5 Å². The molecule has 0 N–H and O–H groups in total. The molecule has 4 heteroatoms. The van der Waals surface area contributed by atoms with Crippen LogP contribution in [0.5, 0.6) is 17.2 Å². The highest BCUT2D eigenvalue weighted by Crippen LogP contribution is 2.33. The van der Waals surface area contributed by atoms with Crippen LogP contribution < -0.4 is 14.2 Å². The van der Waals surface area contributed by atoms with Gasteiger partial charge in [0.15, 0.2) is 11.5 Å². The molecule has 0 fully saturated rings. The standard InChI is InChI=1S/C20H23NO3/c1-13-5-6-14(10-18(13)22-2)9-17-16-12-20(24-4)19(23-3)11-15(16)7-8-21-17/h5-6,10-12H,7-9H2,1-4H3. The zero-order valence-electron chi connectivity index (χ0n) is 14.7. The number of fused-ring (bicyclic) bond motifs is 1. The van der Waals surface area contributed by atoms with Gasteiger partial charge in [-0.25, -0.2) is 0 Å². The van der Waals surface area contributed by atoms with Crippen molar-refractivity contribution in [1.29, 1.82) is 0 Å². The van der Waals surface area contributed by atoms with Crippen molar-refractivity contribution in [2.45, 2.75) is 19.8 Å². The molecule has 0 saturated heterocycles. The van der Waals surface area contributed by atoms with E-state index >= 15 is 0 Å². The zero-order valence-corrected chi connectivity index (χ0v) is 14.7. The van der Waals surface area contributed by atoms with Crippen LogP contribution in [0, 0.1) is 6.92 Å². The first kappa shape index (κ1) is 16.4. The van der Waals surface area contributed by atoms with E-state index in [1.54, 1.807) is 21.3 Å². The highest BCUT2D eigenvalue weighted by atomic mass is 16.5. The summed E-state index contributed by atoms with van der Waals surface area (Å²) in [5.74, 6) is 2.43. The van der Waals surface area contributed by atoms with Crippen LogP contribution in [0.2, 0.25) is 0 Å². The fourth-order valence-corrected chi connectivity index (χ4v) is 3.11. The molecule has 0 atom stereocenters. The Morgan fingerprint density at radius 2 is 1.62 bits per heavy atom. The Balaban J connectivity index is 1.95. The van der Waals surface area contributed by atoms with Crippen LogP contribution in [-0.2, 0) is 12.8 Å². The first-order valence-electron chi connectivity index (χ1n) is 8.08. The Morgan fingerprint density at radius 3 is 2.33 bits per heavy atom. The molecule has 0 saturated carbocycles. The number of aryl methyl sites for hydroxylation is 1. The van der Waals surface area contributed by atoms with Gasteiger partial charge in [-0.3, -0.25) is 4.99 Å². The van der Waals surface area contributed by atoms with Crippen molar-refractivity contribution in [3.05, 3.63) is 52.6 Å². The summed E-state index contributed by atoms with van der Waals surface area (Å²) >= 11 is 0. The molecular formula is C20H23NO3. The summed E-state index contributed by atoms with van der Waals surface area (Å²) in [7, 11) is 5.03. The van der Waals surface area contributed by atoms with E-state index in [0.29, 0.717) is 0 Å². The minimum atomic E-state index is 0.743. The highest BCUT2D eigenvalue weighted by molar-refractivity contribution is 6.04. The van der Waals surface area contributed by atoms with Crippen molar-refractivity contribution < 1.29 is 14.2 Å². The van der Waals surface area contributed by atoms with E-state index in [2.05, 4.69) is 24.3 Å². The highest BCUT2D eigenvalue weighted by Gasteiger charge is 2.19. The second-order valence-corrected chi connectivity index (χ2v) is 5.92. The summed E-state index contributed by atoms with van der Waals surface area (Å²) in [6, 6.07) is 10.4. The largest absolute Gasteiger partial charge is 0.496 e. The van der Waals surface area contributed by atoms with Crippen LogP contribution in [0.25, 0.3) is 0 Å². The minimum absolute atomic E-state index is 0.743. The first-order valence-corrected chi connectivity index (χ1v) is 8.08. The van der Waals surface area contributed by atoms with Gasteiger partial charge in [0.1, 0.15) is 5.75 Å². The summed E-state index contributed by atoms with van der Waals surface area (Å²) < 4.78 is 16.3. The molecular weight excluding hydrogens is 302 g/mol. The molecule has 0 aliphatic carbocycles. The van der Waals surface area contributed by atoms with Crippen molar-refractivity contribution in [3.8, 4) is 17.2 Å². The van der Waals surface area contributed by atoms with Gasteiger partial charge in [-0.2, -0.15) is 0 Å². The lowest BCUT2D eigenvalue weighted by atomic mass is 9.92. The van der Waals surface area contributed by atoms with E-state index in [-0.39, 0.29) is 0 Å². The van der Waals surface area contributed by atoms with Gasteiger partial charge in [0.05, 0.1) is 21.3 Å². The molecule has 0 spiro atoms. The van der Waals surface area contributed by atoms with Gasteiger partial charge in [0, 0.05) is 24.2 Å². The SMILES string of the molecule is COc1cc(CC2=NCCc3cc(OC)c(OC)cc32)ccc1C. The summed E-state index contributed by atoms with van der Waals surface area (Å²) in [5.41, 5.74) is 5.83. The Kier molecular flexibility index (Phi) is 4.74. The predicted octanol–water partition coefficient (Wildman–Crippen LogP) is 3.61. The molecule has 2 aromatic rings. The van der Waals surface area contributed by atoms with Crippen LogP contribution >= 0.6 is 0 Å². The predicted molar refractivity (Wildman–Crippen MR) is 96.1 cm³/mol. The molecule has 0 amide bonds. The molecule has 3 rings (SSSR count). The van der Waals surface area contributed by atoms with Crippen LogP contribution in [0.4, 0.5) is 0 Å². The maximum atomic E-state index is 5.45. The van der Waals surface area contributed by atoms with Crippen molar-refractivity contribution >= 4 is 5.71 Å². The lowest BCUT2D eigenvalue weighted by molar-refractivity contribution is 0.354.